The Kier molecular flexibility index (Phi) is 7.94. The second kappa shape index (κ2) is 11.3. The predicted molar refractivity (Wildman–Crippen MR) is 143 cm³/mol. The van der Waals surface area contributed by atoms with Crippen LogP contribution in [0.25, 0.3) is 10.9 Å². The van der Waals surface area contributed by atoms with Gasteiger partial charge in [-0.2, -0.15) is 4.98 Å². The number of anilines is 3. The maximum absolute atomic E-state index is 11.7. The molecule has 0 bridgehead atoms. The maximum atomic E-state index is 11.7. The number of carbonyl (C=O) groups excluding carboxylic acids is 1. The number of methoxy groups -OCH3 is 1. The zero-order valence-electron chi connectivity index (χ0n) is 21.3. The summed E-state index contributed by atoms with van der Waals surface area (Å²) in [6.07, 6.45) is 3.12. The van der Waals surface area contributed by atoms with E-state index in [0.717, 1.165) is 16.5 Å². The molecule has 1 amide bonds. The van der Waals surface area contributed by atoms with Gasteiger partial charge in [-0.15, -0.1) is 0 Å². The lowest BCUT2D eigenvalue weighted by Crippen LogP contribution is -2.48. The van der Waals surface area contributed by atoms with E-state index in [-0.39, 0.29) is 18.0 Å². The molecule has 190 valence electrons. The minimum Gasteiger partial charge on any atom is -0.383 e. The SMILES string of the molecule is COCC(C)Nc1c(C=N)nc(N2CCN(C(C)=O)CC2)nc1N[C@H](C)c1cnc2ccccc2c1. The van der Waals surface area contributed by atoms with Crippen LogP contribution in [0.5, 0.6) is 0 Å². The Labute approximate surface area is 211 Å². The number of hydrogen-bond donors (Lipinski definition) is 3. The van der Waals surface area contributed by atoms with Gasteiger partial charge in [0.2, 0.25) is 11.9 Å². The van der Waals surface area contributed by atoms with E-state index in [1.54, 1.807) is 14.0 Å². The fourth-order valence-electron chi connectivity index (χ4n) is 4.33. The van der Waals surface area contributed by atoms with E-state index in [9.17, 15) is 4.79 Å². The van der Waals surface area contributed by atoms with Gasteiger partial charge in [0, 0.05) is 64.1 Å². The zero-order valence-corrected chi connectivity index (χ0v) is 21.3. The zero-order chi connectivity index (χ0) is 25.7. The quantitative estimate of drug-likeness (QED) is 0.391. The van der Waals surface area contributed by atoms with Crippen LogP contribution in [-0.4, -0.2) is 77.9 Å². The first kappa shape index (κ1) is 25.3. The van der Waals surface area contributed by atoms with Crippen LogP contribution in [0.3, 0.4) is 0 Å². The number of hydrogen-bond acceptors (Lipinski definition) is 9. The second-order valence-corrected chi connectivity index (χ2v) is 9.10. The third-order valence-electron chi connectivity index (χ3n) is 6.34. The van der Waals surface area contributed by atoms with Crippen LogP contribution in [0.1, 0.15) is 38.1 Å². The summed E-state index contributed by atoms with van der Waals surface area (Å²) in [5.74, 6) is 1.21. The first-order valence-corrected chi connectivity index (χ1v) is 12.2. The smallest absolute Gasteiger partial charge is 0.228 e. The molecule has 0 spiro atoms. The van der Waals surface area contributed by atoms with Crippen molar-refractivity contribution in [3.63, 3.8) is 0 Å². The Hall–Kier alpha value is -3.79. The van der Waals surface area contributed by atoms with Crippen LogP contribution in [0.4, 0.5) is 17.5 Å². The van der Waals surface area contributed by atoms with Crippen molar-refractivity contribution < 1.29 is 9.53 Å². The number of aromatic nitrogens is 3. The number of rotatable bonds is 9. The van der Waals surface area contributed by atoms with Crippen molar-refractivity contribution in [3.05, 3.63) is 47.8 Å². The fraction of sp³-hybridized carbons (Fsp3) is 0.423. The Morgan fingerprint density at radius 2 is 1.92 bits per heavy atom. The number of fused-ring (bicyclic) bond motifs is 1. The van der Waals surface area contributed by atoms with E-state index >= 15 is 0 Å². The van der Waals surface area contributed by atoms with E-state index in [1.165, 1.54) is 6.21 Å². The Morgan fingerprint density at radius 1 is 1.17 bits per heavy atom. The van der Waals surface area contributed by atoms with Gasteiger partial charge >= 0.3 is 0 Å². The number of benzene rings is 1. The number of piperazine rings is 1. The van der Waals surface area contributed by atoms with Crippen LogP contribution >= 0.6 is 0 Å². The molecule has 1 fully saturated rings. The number of nitrogens with one attached hydrogen (secondary N) is 3. The molecule has 0 aliphatic carbocycles. The van der Waals surface area contributed by atoms with Gasteiger partial charge in [-0.25, -0.2) is 4.98 Å². The first-order chi connectivity index (χ1) is 17.4. The lowest BCUT2D eigenvalue weighted by Gasteiger charge is -2.34. The molecule has 2 aromatic heterocycles. The highest BCUT2D eigenvalue weighted by Crippen LogP contribution is 2.30. The average Bonchev–Trinajstić information content (AvgIpc) is 2.89. The van der Waals surface area contributed by atoms with Gasteiger partial charge in [0.25, 0.3) is 0 Å². The highest BCUT2D eigenvalue weighted by atomic mass is 16.5. The average molecular weight is 491 g/mol. The van der Waals surface area contributed by atoms with E-state index < -0.39 is 0 Å². The number of amides is 1. The van der Waals surface area contributed by atoms with E-state index in [1.807, 2.05) is 36.2 Å². The van der Waals surface area contributed by atoms with Crippen molar-refractivity contribution in [2.24, 2.45) is 0 Å². The van der Waals surface area contributed by atoms with Crippen LogP contribution in [-0.2, 0) is 9.53 Å². The molecule has 1 aromatic carbocycles. The molecule has 1 unspecified atom stereocenters. The van der Waals surface area contributed by atoms with Crippen molar-refractivity contribution in [3.8, 4) is 0 Å². The largest absolute Gasteiger partial charge is 0.383 e. The van der Waals surface area contributed by atoms with Gasteiger partial charge in [-0.05, 0) is 31.5 Å². The topological polar surface area (TPSA) is 119 Å². The molecule has 1 aliphatic rings. The number of carbonyl (C=O) groups is 1. The molecule has 1 saturated heterocycles. The number of para-hydroxylation sites is 1. The van der Waals surface area contributed by atoms with Gasteiger partial charge in [-0.3, -0.25) is 9.78 Å². The summed E-state index contributed by atoms with van der Waals surface area (Å²) in [5.41, 5.74) is 3.12. The molecule has 2 atom stereocenters. The Morgan fingerprint density at radius 3 is 2.61 bits per heavy atom. The summed E-state index contributed by atoms with van der Waals surface area (Å²) in [5, 5.41) is 16.1. The molecule has 0 radical (unpaired) electrons. The van der Waals surface area contributed by atoms with Crippen LogP contribution in [0.15, 0.2) is 36.5 Å². The molecule has 0 saturated carbocycles. The molecule has 10 nitrogen and oxygen atoms in total. The molecule has 1 aliphatic heterocycles. The fourth-order valence-corrected chi connectivity index (χ4v) is 4.33. The summed E-state index contributed by atoms with van der Waals surface area (Å²) < 4.78 is 5.30. The molecular weight excluding hydrogens is 456 g/mol. The lowest BCUT2D eigenvalue weighted by atomic mass is 10.1. The molecule has 3 N–H and O–H groups in total. The predicted octanol–water partition coefficient (Wildman–Crippen LogP) is 3.31. The Balaban J connectivity index is 1.67. The molecule has 4 rings (SSSR count). The standard InChI is InChI=1S/C26H34N8O2/c1-17(16-36-4)29-24-23(14-27)31-26(34-11-9-33(10-12-34)19(3)35)32-25(24)30-18(2)21-13-20-7-5-6-8-22(20)28-15-21/h5-8,13-15,17-18,27,29H,9-12,16H2,1-4H3,(H,30,31,32)/t17?,18-/m1/s1. The van der Waals surface area contributed by atoms with Gasteiger partial charge in [0.05, 0.1) is 18.2 Å². The molecular formula is C26H34N8O2. The third-order valence-corrected chi connectivity index (χ3v) is 6.34. The van der Waals surface area contributed by atoms with E-state index in [4.69, 9.17) is 20.1 Å². The summed E-state index contributed by atoms with van der Waals surface area (Å²) >= 11 is 0. The summed E-state index contributed by atoms with van der Waals surface area (Å²) in [6.45, 7) is 8.65. The van der Waals surface area contributed by atoms with Gasteiger partial charge in [0.1, 0.15) is 11.4 Å². The van der Waals surface area contributed by atoms with E-state index in [0.29, 0.717) is 55.9 Å². The lowest BCUT2D eigenvalue weighted by molar-refractivity contribution is -0.129. The minimum atomic E-state index is -0.101. The van der Waals surface area contributed by atoms with Gasteiger partial charge in [0.15, 0.2) is 5.82 Å². The highest BCUT2D eigenvalue weighted by Gasteiger charge is 2.24. The van der Waals surface area contributed by atoms with Crippen molar-refractivity contribution in [2.45, 2.75) is 32.9 Å². The number of ether oxygens (including phenoxy) is 1. The number of pyridine rings is 1. The van der Waals surface area contributed by atoms with Crippen molar-refractivity contribution >= 4 is 40.5 Å². The van der Waals surface area contributed by atoms with Gasteiger partial charge < -0.3 is 30.6 Å². The monoisotopic (exact) mass is 490 g/mol. The van der Waals surface area contributed by atoms with Crippen molar-refractivity contribution in [2.75, 3.05) is 55.4 Å². The summed E-state index contributed by atoms with van der Waals surface area (Å²) in [7, 11) is 1.66. The van der Waals surface area contributed by atoms with Crippen LogP contribution in [0.2, 0.25) is 0 Å². The first-order valence-electron chi connectivity index (χ1n) is 12.2. The van der Waals surface area contributed by atoms with Crippen LogP contribution < -0.4 is 15.5 Å². The Bertz CT molecular complexity index is 1230. The summed E-state index contributed by atoms with van der Waals surface area (Å²) in [6, 6.07) is 10.0. The highest BCUT2D eigenvalue weighted by molar-refractivity contribution is 5.89. The number of nitrogens with zero attached hydrogens (tertiary/aromatic N) is 5. The van der Waals surface area contributed by atoms with Crippen molar-refractivity contribution in [1.29, 1.82) is 5.41 Å². The van der Waals surface area contributed by atoms with E-state index in [2.05, 4.69) is 39.6 Å². The maximum Gasteiger partial charge on any atom is 0.228 e. The van der Waals surface area contributed by atoms with Crippen molar-refractivity contribution in [1.82, 2.24) is 19.9 Å². The van der Waals surface area contributed by atoms with Crippen LogP contribution in [0, 0.1) is 5.41 Å². The second-order valence-electron chi connectivity index (χ2n) is 9.10. The van der Waals surface area contributed by atoms with Gasteiger partial charge in [-0.1, -0.05) is 18.2 Å². The normalized spacial score (nSPS) is 15.4. The molecule has 3 aromatic rings. The minimum absolute atomic E-state index is 0.0135. The molecule has 3 heterocycles. The third kappa shape index (κ3) is 5.71. The summed E-state index contributed by atoms with van der Waals surface area (Å²) in [4.78, 5) is 29.8. The molecule has 36 heavy (non-hydrogen) atoms. The molecule has 10 heteroatoms.